The zero-order valence-corrected chi connectivity index (χ0v) is 11.7. The Morgan fingerprint density at radius 2 is 1.95 bits per heavy atom. The van der Waals surface area contributed by atoms with Gasteiger partial charge in [-0.05, 0) is 37.6 Å². The molecule has 2 rings (SSSR count). The first-order chi connectivity index (χ1) is 9.38. The van der Waals surface area contributed by atoms with Gasteiger partial charge in [0.1, 0.15) is 5.69 Å². The summed E-state index contributed by atoms with van der Waals surface area (Å²) in [5.41, 5.74) is 2.08. The Hall–Kier alpha value is -2.27. The number of benzene rings is 1. The third kappa shape index (κ3) is 2.83. The number of aromatic amines is 1. The number of carboxylic acids is 1. The van der Waals surface area contributed by atoms with Gasteiger partial charge >= 0.3 is 5.97 Å². The molecule has 0 aliphatic rings. The Morgan fingerprint density at radius 3 is 2.55 bits per heavy atom. The van der Waals surface area contributed by atoms with Gasteiger partial charge in [0.15, 0.2) is 0 Å². The normalized spacial score (nSPS) is 10.3. The maximum Gasteiger partial charge on any atom is 0.354 e. The lowest BCUT2D eigenvalue weighted by molar-refractivity contribution is 0.0692. The number of nitrogens with one attached hydrogen (secondary N) is 2. The highest BCUT2D eigenvalue weighted by Crippen LogP contribution is 2.20. The molecule has 3 N–H and O–H groups in total. The molecule has 104 valence electrons. The number of aromatic nitrogens is 1. The molecule has 0 unspecified atom stereocenters. The Bertz CT molecular complexity index is 692. The average Bonchev–Trinajstić information content (AvgIpc) is 2.73. The van der Waals surface area contributed by atoms with Crippen LogP contribution < -0.4 is 5.32 Å². The highest BCUT2D eigenvalue weighted by atomic mass is 35.5. The summed E-state index contributed by atoms with van der Waals surface area (Å²) >= 11 is 5.97. The molecule has 1 aromatic heterocycles. The quantitative estimate of drug-likeness (QED) is 0.812. The van der Waals surface area contributed by atoms with E-state index in [1.807, 2.05) is 6.92 Å². The molecule has 0 atom stereocenters. The molecule has 0 aliphatic heterocycles. The van der Waals surface area contributed by atoms with Gasteiger partial charge in [-0.1, -0.05) is 17.7 Å². The number of carbonyl (C=O) groups is 2. The van der Waals surface area contributed by atoms with Crippen molar-refractivity contribution in [1.82, 2.24) is 4.98 Å². The third-order valence-corrected chi connectivity index (χ3v) is 3.26. The number of halogens is 1. The summed E-state index contributed by atoms with van der Waals surface area (Å²) in [7, 11) is 0. The van der Waals surface area contributed by atoms with Gasteiger partial charge in [-0.2, -0.15) is 0 Å². The summed E-state index contributed by atoms with van der Waals surface area (Å²) in [6, 6.07) is 6.48. The molecule has 1 aromatic carbocycles. The molecule has 1 amide bonds. The number of hydrogen-bond acceptors (Lipinski definition) is 2. The minimum atomic E-state index is -1.13. The molecular formula is C14H13ClN2O3. The van der Waals surface area contributed by atoms with Crippen molar-refractivity contribution >= 4 is 29.2 Å². The van der Waals surface area contributed by atoms with Crippen molar-refractivity contribution in [3.63, 3.8) is 0 Å². The minimum absolute atomic E-state index is 0.0472. The molecule has 0 spiro atoms. The van der Waals surface area contributed by atoms with Gasteiger partial charge in [0, 0.05) is 16.3 Å². The lowest BCUT2D eigenvalue weighted by Gasteiger charge is -2.06. The number of aryl methyl sites for hydroxylation is 2. The van der Waals surface area contributed by atoms with E-state index in [1.54, 1.807) is 31.2 Å². The smallest absolute Gasteiger partial charge is 0.354 e. The summed E-state index contributed by atoms with van der Waals surface area (Å²) in [5, 5.41) is 12.1. The van der Waals surface area contributed by atoms with Crippen LogP contribution >= 0.6 is 11.6 Å². The van der Waals surface area contributed by atoms with Crippen molar-refractivity contribution in [2.45, 2.75) is 13.8 Å². The lowest BCUT2D eigenvalue weighted by Crippen LogP contribution is -2.14. The van der Waals surface area contributed by atoms with E-state index >= 15 is 0 Å². The van der Waals surface area contributed by atoms with Gasteiger partial charge in [-0.15, -0.1) is 0 Å². The van der Waals surface area contributed by atoms with Crippen molar-refractivity contribution in [1.29, 1.82) is 0 Å². The number of H-pyrrole nitrogens is 1. The lowest BCUT2D eigenvalue weighted by atomic mass is 10.1. The third-order valence-electron chi connectivity index (χ3n) is 2.85. The second-order valence-electron chi connectivity index (χ2n) is 4.46. The van der Waals surface area contributed by atoms with Gasteiger partial charge in [0.25, 0.3) is 5.91 Å². The van der Waals surface area contributed by atoms with Gasteiger partial charge in [0.2, 0.25) is 0 Å². The second-order valence-corrected chi connectivity index (χ2v) is 4.87. The SMILES string of the molecule is Cc1cc(NC(=O)c2ccc(C)c(Cl)c2)c(C(=O)O)[nH]1. The molecule has 0 saturated carbocycles. The van der Waals surface area contributed by atoms with E-state index in [1.165, 1.54) is 0 Å². The molecule has 2 aromatic rings. The van der Waals surface area contributed by atoms with Crippen LogP contribution in [-0.2, 0) is 0 Å². The number of carbonyl (C=O) groups excluding carboxylic acids is 1. The zero-order chi connectivity index (χ0) is 14.9. The van der Waals surface area contributed by atoms with Crippen molar-refractivity contribution in [2.24, 2.45) is 0 Å². The average molecular weight is 293 g/mol. The first kappa shape index (κ1) is 14.1. The zero-order valence-electron chi connectivity index (χ0n) is 11.0. The summed E-state index contributed by atoms with van der Waals surface area (Å²) in [4.78, 5) is 25.8. The van der Waals surface area contributed by atoms with E-state index in [-0.39, 0.29) is 11.4 Å². The number of hydrogen-bond donors (Lipinski definition) is 3. The van der Waals surface area contributed by atoms with Crippen LogP contribution in [-0.4, -0.2) is 22.0 Å². The van der Waals surface area contributed by atoms with Crippen LogP contribution in [0.3, 0.4) is 0 Å². The molecule has 1 heterocycles. The summed E-state index contributed by atoms with van der Waals surface area (Å²) < 4.78 is 0. The van der Waals surface area contributed by atoms with E-state index < -0.39 is 11.9 Å². The molecule has 20 heavy (non-hydrogen) atoms. The van der Waals surface area contributed by atoms with E-state index in [9.17, 15) is 9.59 Å². The first-order valence-corrected chi connectivity index (χ1v) is 6.26. The molecular weight excluding hydrogens is 280 g/mol. The number of amides is 1. The highest BCUT2D eigenvalue weighted by molar-refractivity contribution is 6.31. The molecule has 0 saturated heterocycles. The van der Waals surface area contributed by atoms with Gasteiger partial charge < -0.3 is 15.4 Å². The molecule has 0 fully saturated rings. The van der Waals surface area contributed by atoms with Gasteiger partial charge in [-0.25, -0.2) is 4.79 Å². The minimum Gasteiger partial charge on any atom is -0.477 e. The van der Waals surface area contributed by atoms with E-state index in [0.717, 1.165) is 5.56 Å². The van der Waals surface area contributed by atoms with Crippen LogP contribution in [0.15, 0.2) is 24.3 Å². The van der Waals surface area contributed by atoms with Crippen LogP contribution in [0.1, 0.15) is 32.1 Å². The Morgan fingerprint density at radius 1 is 1.25 bits per heavy atom. The summed E-state index contributed by atoms with van der Waals surface area (Å²) in [5.74, 6) is -1.54. The standard InChI is InChI=1S/C14H13ClN2O3/c1-7-3-4-9(6-10(7)15)13(18)17-11-5-8(2)16-12(11)14(19)20/h3-6,16H,1-2H3,(H,17,18)(H,19,20). The van der Waals surface area contributed by atoms with Crippen molar-refractivity contribution in [2.75, 3.05) is 5.32 Å². The number of anilines is 1. The predicted molar refractivity (Wildman–Crippen MR) is 76.6 cm³/mol. The number of rotatable bonds is 3. The van der Waals surface area contributed by atoms with Crippen molar-refractivity contribution < 1.29 is 14.7 Å². The molecule has 5 nitrogen and oxygen atoms in total. The van der Waals surface area contributed by atoms with Crippen molar-refractivity contribution in [3.8, 4) is 0 Å². The fourth-order valence-electron chi connectivity index (χ4n) is 1.79. The number of aromatic carboxylic acids is 1. The van der Waals surface area contributed by atoms with Crippen molar-refractivity contribution in [3.05, 3.63) is 51.8 Å². The van der Waals surface area contributed by atoms with Crippen LogP contribution in [0.5, 0.6) is 0 Å². The van der Waals surface area contributed by atoms with Crippen LogP contribution in [0.25, 0.3) is 0 Å². The van der Waals surface area contributed by atoms with E-state index in [2.05, 4.69) is 10.3 Å². The predicted octanol–water partition coefficient (Wildman–Crippen LogP) is 3.24. The van der Waals surface area contributed by atoms with Crippen LogP contribution in [0.4, 0.5) is 5.69 Å². The molecule has 6 heteroatoms. The second kappa shape index (κ2) is 5.38. The summed E-state index contributed by atoms with van der Waals surface area (Å²) in [6.45, 7) is 3.55. The first-order valence-electron chi connectivity index (χ1n) is 5.89. The molecule has 0 aliphatic carbocycles. The van der Waals surface area contributed by atoms with Crippen LogP contribution in [0, 0.1) is 13.8 Å². The van der Waals surface area contributed by atoms with E-state index in [0.29, 0.717) is 16.3 Å². The Balaban J connectivity index is 2.27. The Labute approximate surface area is 120 Å². The topological polar surface area (TPSA) is 82.2 Å². The fraction of sp³-hybridized carbons (Fsp3) is 0.143. The fourth-order valence-corrected chi connectivity index (χ4v) is 1.97. The maximum absolute atomic E-state index is 12.1. The van der Waals surface area contributed by atoms with Gasteiger partial charge in [0.05, 0.1) is 5.69 Å². The largest absolute Gasteiger partial charge is 0.477 e. The maximum atomic E-state index is 12.1. The van der Waals surface area contributed by atoms with Gasteiger partial charge in [-0.3, -0.25) is 4.79 Å². The summed E-state index contributed by atoms with van der Waals surface area (Å²) in [6.07, 6.45) is 0. The highest BCUT2D eigenvalue weighted by Gasteiger charge is 2.16. The molecule has 0 radical (unpaired) electrons. The van der Waals surface area contributed by atoms with Crippen LogP contribution in [0.2, 0.25) is 5.02 Å². The molecule has 0 bridgehead atoms. The van der Waals surface area contributed by atoms with E-state index in [4.69, 9.17) is 16.7 Å². The Kier molecular flexibility index (Phi) is 3.81. The monoisotopic (exact) mass is 292 g/mol. The number of carboxylic acid groups (broad SMARTS) is 1.